The molecule has 1 unspecified atom stereocenters. The molecule has 17 heavy (non-hydrogen) atoms. The quantitative estimate of drug-likeness (QED) is 0.882. The highest BCUT2D eigenvalue weighted by Crippen LogP contribution is 2.36. The van der Waals surface area contributed by atoms with Gasteiger partial charge in [-0.15, -0.1) is 11.3 Å². The predicted octanol–water partition coefficient (Wildman–Crippen LogP) is 3.15. The number of hydrogen-bond donors (Lipinski definition) is 1. The van der Waals surface area contributed by atoms with Gasteiger partial charge < -0.3 is 9.84 Å². The van der Waals surface area contributed by atoms with Gasteiger partial charge in [-0.3, -0.25) is 0 Å². The Kier molecular flexibility index (Phi) is 2.87. The van der Waals surface area contributed by atoms with Gasteiger partial charge in [-0.1, -0.05) is 24.3 Å². The van der Waals surface area contributed by atoms with Gasteiger partial charge in [-0.05, 0) is 29.9 Å². The summed E-state index contributed by atoms with van der Waals surface area (Å²) < 4.78 is 5.72. The smallest absolute Gasteiger partial charge is 0.128 e. The van der Waals surface area contributed by atoms with Crippen LogP contribution in [0.1, 0.15) is 28.5 Å². The molecule has 1 aromatic heterocycles. The first-order valence-corrected chi connectivity index (χ1v) is 6.70. The molecule has 88 valence electrons. The zero-order valence-corrected chi connectivity index (χ0v) is 10.2. The van der Waals surface area contributed by atoms with Gasteiger partial charge in [0.15, 0.2) is 0 Å². The zero-order valence-electron chi connectivity index (χ0n) is 9.43. The van der Waals surface area contributed by atoms with Gasteiger partial charge in [-0.25, -0.2) is 0 Å². The summed E-state index contributed by atoms with van der Waals surface area (Å²) in [5.41, 5.74) is 2.11. The maximum absolute atomic E-state index is 10.4. The molecule has 0 amide bonds. The second-order valence-electron chi connectivity index (χ2n) is 4.21. The molecule has 1 aliphatic rings. The fourth-order valence-electron chi connectivity index (χ4n) is 2.23. The molecule has 1 aliphatic heterocycles. The van der Waals surface area contributed by atoms with Crippen LogP contribution in [0.2, 0.25) is 0 Å². The molecular weight excluding hydrogens is 232 g/mol. The SMILES string of the molecule is OC(c1cccs1)c1cccc2c1OCCC2. The maximum atomic E-state index is 10.4. The fraction of sp³-hybridized carbons (Fsp3) is 0.286. The molecule has 3 heteroatoms. The van der Waals surface area contributed by atoms with Crippen molar-refractivity contribution in [3.8, 4) is 5.75 Å². The molecule has 0 aliphatic carbocycles. The number of aryl methyl sites for hydroxylation is 1. The van der Waals surface area contributed by atoms with Crippen molar-refractivity contribution in [2.24, 2.45) is 0 Å². The lowest BCUT2D eigenvalue weighted by Gasteiger charge is -2.22. The molecule has 0 saturated heterocycles. The highest BCUT2D eigenvalue weighted by Gasteiger charge is 2.20. The molecule has 2 heterocycles. The van der Waals surface area contributed by atoms with Gasteiger partial charge in [0.25, 0.3) is 0 Å². The molecule has 1 atom stereocenters. The summed E-state index contributed by atoms with van der Waals surface area (Å²) in [5.74, 6) is 0.889. The summed E-state index contributed by atoms with van der Waals surface area (Å²) in [7, 11) is 0. The van der Waals surface area contributed by atoms with Crippen LogP contribution in [0.4, 0.5) is 0 Å². The van der Waals surface area contributed by atoms with E-state index in [1.54, 1.807) is 11.3 Å². The number of ether oxygens (including phenoxy) is 1. The first kappa shape index (κ1) is 10.8. The first-order chi connectivity index (χ1) is 8.36. The lowest BCUT2D eigenvalue weighted by atomic mass is 9.99. The lowest BCUT2D eigenvalue weighted by molar-refractivity contribution is 0.210. The molecule has 0 bridgehead atoms. The number of para-hydroxylation sites is 1. The standard InChI is InChI=1S/C14H14O2S/c15-13(12-7-3-9-17-12)11-6-1-4-10-5-2-8-16-14(10)11/h1,3-4,6-7,9,13,15H,2,5,8H2. The molecule has 0 saturated carbocycles. The van der Waals surface area contributed by atoms with E-state index < -0.39 is 6.10 Å². The molecule has 1 N–H and O–H groups in total. The Morgan fingerprint density at radius 2 is 2.18 bits per heavy atom. The molecule has 0 radical (unpaired) electrons. The minimum absolute atomic E-state index is 0.567. The van der Waals surface area contributed by atoms with Crippen LogP contribution in [-0.2, 0) is 6.42 Å². The summed E-state index contributed by atoms with van der Waals surface area (Å²) >= 11 is 1.57. The van der Waals surface area contributed by atoms with Gasteiger partial charge in [0.1, 0.15) is 11.9 Å². The summed E-state index contributed by atoms with van der Waals surface area (Å²) in [6.07, 6.45) is 1.54. The second-order valence-corrected chi connectivity index (χ2v) is 5.18. The molecular formula is C14H14O2S. The summed E-state index contributed by atoms with van der Waals surface area (Å²) in [6, 6.07) is 9.95. The number of fused-ring (bicyclic) bond motifs is 1. The van der Waals surface area contributed by atoms with Gasteiger partial charge in [0, 0.05) is 10.4 Å². The Morgan fingerprint density at radius 3 is 3.00 bits per heavy atom. The highest BCUT2D eigenvalue weighted by atomic mass is 32.1. The van der Waals surface area contributed by atoms with Crippen molar-refractivity contribution in [3.05, 3.63) is 51.7 Å². The van der Waals surface area contributed by atoms with Gasteiger partial charge >= 0.3 is 0 Å². The Balaban J connectivity index is 2.03. The zero-order chi connectivity index (χ0) is 11.7. The van der Waals surface area contributed by atoms with E-state index in [0.29, 0.717) is 0 Å². The van der Waals surface area contributed by atoms with E-state index in [2.05, 4.69) is 6.07 Å². The van der Waals surface area contributed by atoms with E-state index in [1.165, 1.54) is 5.56 Å². The van der Waals surface area contributed by atoms with E-state index in [0.717, 1.165) is 35.6 Å². The van der Waals surface area contributed by atoms with Crippen LogP contribution in [0.25, 0.3) is 0 Å². The number of rotatable bonds is 2. The maximum Gasteiger partial charge on any atom is 0.128 e. The van der Waals surface area contributed by atoms with Crippen LogP contribution in [0.15, 0.2) is 35.7 Å². The Bertz CT molecular complexity index is 505. The lowest BCUT2D eigenvalue weighted by Crippen LogP contribution is -2.12. The fourth-order valence-corrected chi connectivity index (χ4v) is 2.96. The molecule has 2 nitrogen and oxygen atoms in total. The Hall–Kier alpha value is -1.32. The van der Waals surface area contributed by atoms with E-state index in [1.807, 2.05) is 29.6 Å². The molecule has 3 rings (SSSR count). The van der Waals surface area contributed by atoms with Crippen LogP contribution in [0, 0.1) is 0 Å². The van der Waals surface area contributed by atoms with Crippen LogP contribution < -0.4 is 4.74 Å². The Morgan fingerprint density at radius 1 is 1.24 bits per heavy atom. The third-order valence-electron chi connectivity index (χ3n) is 3.07. The number of hydrogen-bond acceptors (Lipinski definition) is 3. The van der Waals surface area contributed by atoms with Crippen LogP contribution >= 0.6 is 11.3 Å². The number of thiophene rings is 1. The van der Waals surface area contributed by atoms with Crippen molar-refractivity contribution in [2.75, 3.05) is 6.61 Å². The molecule has 0 spiro atoms. The van der Waals surface area contributed by atoms with Gasteiger partial charge in [0.2, 0.25) is 0 Å². The predicted molar refractivity (Wildman–Crippen MR) is 68.6 cm³/mol. The minimum atomic E-state index is -0.567. The van der Waals surface area contributed by atoms with Crippen LogP contribution in [-0.4, -0.2) is 11.7 Å². The average Bonchev–Trinajstić information content (AvgIpc) is 2.91. The molecule has 0 fully saturated rings. The minimum Gasteiger partial charge on any atom is -0.493 e. The number of aliphatic hydroxyl groups is 1. The van der Waals surface area contributed by atoms with Crippen molar-refractivity contribution in [3.63, 3.8) is 0 Å². The van der Waals surface area contributed by atoms with Gasteiger partial charge in [0.05, 0.1) is 6.61 Å². The number of aliphatic hydroxyl groups excluding tert-OH is 1. The van der Waals surface area contributed by atoms with Crippen molar-refractivity contribution >= 4 is 11.3 Å². The average molecular weight is 246 g/mol. The highest BCUT2D eigenvalue weighted by molar-refractivity contribution is 7.10. The Labute approximate surface area is 104 Å². The summed E-state index contributed by atoms with van der Waals surface area (Å²) in [5, 5.41) is 12.3. The van der Waals surface area contributed by atoms with Gasteiger partial charge in [-0.2, -0.15) is 0 Å². The van der Waals surface area contributed by atoms with Crippen molar-refractivity contribution in [1.29, 1.82) is 0 Å². The topological polar surface area (TPSA) is 29.5 Å². The van der Waals surface area contributed by atoms with Crippen LogP contribution in [0.5, 0.6) is 5.75 Å². The normalized spacial score (nSPS) is 16.1. The van der Waals surface area contributed by atoms with Crippen molar-refractivity contribution in [2.45, 2.75) is 18.9 Å². The van der Waals surface area contributed by atoms with E-state index in [-0.39, 0.29) is 0 Å². The monoisotopic (exact) mass is 246 g/mol. The second kappa shape index (κ2) is 4.51. The third kappa shape index (κ3) is 1.96. The largest absolute Gasteiger partial charge is 0.493 e. The van der Waals surface area contributed by atoms with E-state index in [9.17, 15) is 5.11 Å². The summed E-state index contributed by atoms with van der Waals surface area (Å²) in [6.45, 7) is 0.751. The van der Waals surface area contributed by atoms with E-state index in [4.69, 9.17) is 4.74 Å². The molecule has 1 aromatic carbocycles. The van der Waals surface area contributed by atoms with Crippen molar-refractivity contribution < 1.29 is 9.84 Å². The van der Waals surface area contributed by atoms with E-state index >= 15 is 0 Å². The third-order valence-corrected chi connectivity index (χ3v) is 4.00. The van der Waals surface area contributed by atoms with Crippen LogP contribution in [0.3, 0.4) is 0 Å². The summed E-state index contributed by atoms with van der Waals surface area (Å²) in [4.78, 5) is 0.965. The van der Waals surface area contributed by atoms with Crippen molar-refractivity contribution in [1.82, 2.24) is 0 Å². The molecule has 2 aromatic rings. The number of benzene rings is 1. The first-order valence-electron chi connectivity index (χ1n) is 5.82.